The minimum Gasteiger partial charge on any atom is -0.497 e. The second-order valence-electron chi connectivity index (χ2n) is 4.98. The summed E-state index contributed by atoms with van der Waals surface area (Å²) in [7, 11) is 1.53. The van der Waals surface area contributed by atoms with Gasteiger partial charge < -0.3 is 15.2 Å². The lowest BCUT2D eigenvalue weighted by atomic mass is 10.1. The highest BCUT2D eigenvalue weighted by Crippen LogP contribution is 2.22. The Kier molecular flexibility index (Phi) is 5.96. The zero-order valence-electron chi connectivity index (χ0n) is 12.6. The van der Waals surface area contributed by atoms with Crippen molar-refractivity contribution in [3.63, 3.8) is 0 Å². The number of hydrogen-bond acceptors (Lipinski definition) is 3. The summed E-state index contributed by atoms with van der Waals surface area (Å²) in [6.07, 6.45) is -1.04. The van der Waals surface area contributed by atoms with Gasteiger partial charge in [0.05, 0.1) is 19.6 Å². The monoisotopic (exact) mass is 337 g/mol. The van der Waals surface area contributed by atoms with Crippen molar-refractivity contribution in [1.29, 1.82) is 0 Å². The maximum absolute atomic E-state index is 13.5. The summed E-state index contributed by atoms with van der Waals surface area (Å²) in [5, 5.41) is 12.9. The molecule has 0 aliphatic carbocycles. The van der Waals surface area contributed by atoms with Crippen LogP contribution in [0, 0.1) is 5.82 Å². The zero-order valence-corrected chi connectivity index (χ0v) is 13.3. The first-order chi connectivity index (χ1) is 11.0. The van der Waals surface area contributed by atoms with E-state index in [1.807, 2.05) is 0 Å². The highest BCUT2D eigenvalue weighted by Gasteiger charge is 2.14. The van der Waals surface area contributed by atoms with Crippen LogP contribution in [0.1, 0.15) is 17.2 Å². The predicted octanol–water partition coefficient (Wildman–Crippen LogP) is 2.88. The van der Waals surface area contributed by atoms with E-state index in [9.17, 15) is 14.3 Å². The van der Waals surface area contributed by atoms with Gasteiger partial charge in [-0.3, -0.25) is 4.79 Å². The molecule has 23 heavy (non-hydrogen) atoms. The molecule has 1 amide bonds. The molecule has 4 nitrogen and oxygen atoms in total. The van der Waals surface area contributed by atoms with Crippen LogP contribution in [0.4, 0.5) is 4.39 Å². The van der Waals surface area contributed by atoms with Gasteiger partial charge in [0.2, 0.25) is 5.91 Å². The van der Waals surface area contributed by atoms with Crippen molar-refractivity contribution < 1.29 is 19.0 Å². The van der Waals surface area contributed by atoms with Gasteiger partial charge in [0.25, 0.3) is 0 Å². The normalized spacial score (nSPS) is 11.8. The van der Waals surface area contributed by atoms with E-state index in [0.717, 1.165) is 0 Å². The quantitative estimate of drug-likeness (QED) is 0.852. The van der Waals surface area contributed by atoms with Crippen molar-refractivity contribution in [2.45, 2.75) is 12.5 Å². The number of carbonyl (C=O) groups excluding carboxylic acids is 1. The molecule has 1 atom stereocenters. The molecule has 2 rings (SSSR count). The third kappa shape index (κ3) is 4.68. The molecule has 1 unspecified atom stereocenters. The van der Waals surface area contributed by atoms with Crippen LogP contribution >= 0.6 is 11.6 Å². The fraction of sp³-hybridized carbons (Fsp3) is 0.235. The number of halogens is 2. The van der Waals surface area contributed by atoms with Gasteiger partial charge >= 0.3 is 0 Å². The Bertz CT molecular complexity index is 693. The smallest absolute Gasteiger partial charge is 0.224 e. The number of amides is 1. The molecule has 0 saturated heterocycles. The van der Waals surface area contributed by atoms with E-state index in [-0.39, 0.29) is 24.4 Å². The molecule has 0 saturated carbocycles. The molecule has 0 aliphatic heterocycles. The number of carbonyl (C=O) groups is 1. The number of hydrogen-bond donors (Lipinski definition) is 2. The van der Waals surface area contributed by atoms with Gasteiger partial charge in [-0.05, 0) is 23.8 Å². The maximum Gasteiger partial charge on any atom is 0.224 e. The summed E-state index contributed by atoms with van der Waals surface area (Å²) < 4.78 is 18.6. The summed E-state index contributed by atoms with van der Waals surface area (Å²) in [4.78, 5) is 11.9. The molecule has 0 radical (unpaired) electrons. The van der Waals surface area contributed by atoms with Gasteiger partial charge in [0, 0.05) is 17.1 Å². The van der Waals surface area contributed by atoms with E-state index in [1.165, 1.54) is 25.3 Å². The van der Waals surface area contributed by atoms with Crippen molar-refractivity contribution in [2.24, 2.45) is 0 Å². The van der Waals surface area contributed by atoms with Crippen LogP contribution in [-0.4, -0.2) is 24.7 Å². The molecule has 0 fully saturated rings. The summed E-state index contributed by atoms with van der Waals surface area (Å²) >= 11 is 6.07. The van der Waals surface area contributed by atoms with Gasteiger partial charge in [0.15, 0.2) is 0 Å². The second kappa shape index (κ2) is 7.94. The average Bonchev–Trinajstić information content (AvgIpc) is 2.55. The van der Waals surface area contributed by atoms with Gasteiger partial charge in [0.1, 0.15) is 11.6 Å². The van der Waals surface area contributed by atoms with E-state index < -0.39 is 11.9 Å². The fourth-order valence-electron chi connectivity index (χ4n) is 2.10. The molecule has 2 aromatic rings. The van der Waals surface area contributed by atoms with Crippen molar-refractivity contribution in [3.05, 3.63) is 64.4 Å². The largest absolute Gasteiger partial charge is 0.497 e. The summed E-state index contributed by atoms with van der Waals surface area (Å²) in [6, 6.07) is 10.9. The Morgan fingerprint density at radius 3 is 2.74 bits per heavy atom. The van der Waals surface area contributed by atoms with Crippen molar-refractivity contribution in [2.75, 3.05) is 13.7 Å². The van der Waals surface area contributed by atoms with Crippen molar-refractivity contribution in [3.8, 4) is 5.75 Å². The highest BCUT2D eigenvalue weighted by atomic mass is 35.5. The van der Waals surface area contributed by atoms with E-state index in [4.69, 9.17) is 16.3 Å². The molecule has 6 heteroatoms. The van der Waals surface area contributed by atoms with Crippen LogP contribution in [0.2, 0.25) is 5.02 Å². The molecule has 2 N–H and O–H groups in total. The molecular weight excluding hydrogens is 321 g/mol. The Balaban J connectivity index is 1.91. The first-order valence-corrected chi connectivity index (χ1v) is 7.40. The second-order valence-corrected chi connectivity index (χ2v) is 5.38. The Hall–Kier alpha value is -2.11. The van der Waals surface area contributed by atoms with Gasteiger partial charge in [-0.15, -0.1) is 0 Å². The number of rotatable bonds is 6. The van der Waals surface area contributed by atoms with Crippen molar-refractivity contribution >= 4 is 17.5 Å². The van der Waals surface area contributed by atoms with Crippen LogP contribution < -0.4 is 10.1 Å². The Morgan fingerprint density at radius 2 is 2.09 bits per heavy atom. The molecule has 0 aromatic heterocycles. The Morgan fingerprint density at radius 1 is 1.35 bits per heavy atom. The molecule has 2 aromatic carbocycles. The lowest BCUT2D eigenvalue weighted by Crippen LogP contribution is -2.30. The molecule has 0 aliphatic rings. The van der Waals surface area contributed by atoms with Crippen LogP contribution in [0.5, 0.6) is 5.75 Å². The molecule has 0 spiro atoms. The average molecular weight is 338 g/mol. The number of ether oxygens (including phenoxy) is 1. The van der Waals surface area contributed by atoms with E-state index in [2.05, 4.69) is 5.32 Å². The first kappa shape index (κ1) is 17.2. The van der Waals surface area contributed by atoms with Gasteiger partial charge in [-0.1, -0.05) is 35.9 Å². The van der Waals surface area contributed by atoms with Gasteiger partial charge in [-0.25, -0.2) is 4.39 Å². The lowest BCUT2D eigenvalue weighted by Gasteiger charge is -2.13. The SMILES string of the molecule is COc1ccc(CC(=O)NCC(O)c2ccccc2F)c(Cl)c1. The summed E-state index contributed by atoms with van der Waals surface area (Å²) in [6.45, 7) is -0.0759. The van der Waals surface area contributed by atoms with E-state index >= 15 is 0 Å². The standard InChI is InChI=1S/C17H17ClFNO3/c1-23-12-7-6-11(14(18)9-12)8-17(22)20-10-16(21)13-4-2-3-5-15(13)19/h2-7,9,16,21H,8,10H2,1H3,(H,20,22). The fourth-order valence-corrected chi connectivity index (χ4v) is 2.34. The molecule has 0 bridgehead atoms. The van der Waals surface area contributed by atoms with Crippen molar-refractivity contribution in [1.82, 2.24) is 5.32 Å². The highest BCUT2D eigenvalue weighted by molar-refractivity contribution is 6.31. The van der Waals surface area contributed by atoms with Crippen LogP contribution in [0.15, 0.2) is 42.5 Å². The van der Waals surface area contributed by atoms with E-state index in [0.29, 0.717) is 16.3 Å². The summed E-state index contributed by atoms with van der Waals surface area (Å²) in [5.74, 6) is -0.214. The number of methoxy groups -OCH3 is 1. The summed E-state index contributed by atoms with van der Waals surface area (Å²) in [5.41, 5.74) is 0.792. The number of nitrogens with one attached hydrogen (secondary N) is 1. The molecular formula is C17H17ClFNO3. The molecule has 122 valence electrons. The maximum atomic E-state index is 13.5. The minimum atomic E-state index is -1.11. The van der Waals surface area contributed by atoms with Crippen LogP contribution in [-0.2, 0) is 11.2 Å². The predicted molar refractivity (Wildman–Crippen MR) is 86.1 cm³/mol. The number of benzene rings is 2. The topological polar surface area (TPSA) is 58.6 Å². The van der Waals surface area contributed by atoms with Crippen LogP contribution in [0.3, 0.4) is 0 Å². The third-order valence-corrected chi connectivity index (χ3v) is 3.72. The number of aliphatic hydroxyl groups excluding tert-OH is 1. The van der Waals surface area contributed by atoms with Crippen LogP contribution in [0.25, 0.3) is 0 Å². The number of aliphatic hydroxyl groups is 1. The van der Waals surface area contributed by atoms with E-state index in [1.54, 1.807) is 24.3 Å². The third-order valence-electron chi connectivity index (χ3n) is 3.37. The molecule has 0 heterocycles. The zero-order chi connectivity index (χ0) is 16.8. The lowest BCUT2D eigenvalue weighted by molar-refractivity contribution is -0.120. The minimum absolute atomic E-state index is 0.0623. The Labute approximate surface area is 138 Å². The first-order valence-electron chi connectivity index (χ1n) is 7.03. The van der Waals surface area contributed by atoms with Gasteiger partial charge in [-0.2, -0.15) is 0 Å².